The normalized spacial score (nSPS) is 17.1. The van der Waals surface area contributed by atoms with E-state index < -0.39 is 10.0 Å². The van der Waals surface area contributed by atoms with Crippen LogP contribution in [0.3, 0.4) is 0 Å². The topological polar surface area (TPSA) is 75.7 Å². The summed E-state index contributed by atoms with van der Waals surface area (Å²) in [7, 11) is -3.45. The van der Waals surface area contributed by atoms with Crippen LogP contribution in [0.2, 0.25) is 0 Å². The summed E-state index contributed by atoms with van der Waals surface area (Å²) in [5.41, 5.74) is 0.556. The number of sulfonamides is 1. The third kappa shape index (κ3) is 4.76. The summed E-state index contributed by atoms with van der Waals surface area (Å²) in [6.07, 6.45) is 1.79. The molecule has 1 aliphatic heterocycles. The molecule has 128 valence electrons. The van der Waals surface area contributed by atoms with Gasteiger partial charge in [-0.1, -0.05) is 6.92 Å². The largest absolute Gasteiger partial charge is 0.372 e. The Morgan fingerprint density at radius 2 is 1.87 bits per heavy atom. The molecule has 0 radical (unpaired) electrons. The van der Waals surface area contributed by atoms with Gasteiger partial charge in [-0.25, -0.2) is 8.42 Å². The second-order valence-corrected chi connectivity index (χ2v) is 7.73. The van der Waals surface area contributed by atoms with Crippen molar-refractivity contribution in [2.75, 3.05) is 31.6 Å². The Morgan fingerprint density at radius 1 is 1.26 bits per heavy atom. The first-order valence-electron chi connectivity index (χ1n) is 7.91. The number of carbonyl (C=O) groups excluding carboxylic acids is 1. The van der Waals surface area contributed by atoms with E-state index in [1.165, 1.54) is 16.4 Å². The molecule has 0 aliphatic carbocycles. The van der Waals surface area contributed by atoms with E-state index in [-0.39, 0.29) is 17.4 Å². The molecule has 0 spiro atoms. The zero-order valence-corrected chi connectivity index (χ0v) is 14.4. The number of hydrogen-bond acceptors (Lipinski definition) is 4. The van der Waals surface area contributed by atoms with Crippen LogP contribution in [0, 0.1) is 5.92 Å². The van der Waals surface area contributed by atoms with Gasteiger partial charge in [0.25, 0.3) is 0 Å². The van der Waals surface area contributed by atoms with Crippen molar-refractivity contribution in [2.45, 2.75) is 31.6 Å². The van der Waals surface area contributed by atoms with Crippen LogP contribution in [-0.2, 0) is 19.6 Å². The molecular formula is C16H24N2O4S. The quantitative estimate of drug-likeness (QED) is 0.860. The lowest BCUT2D eigenvalue weighted by atomic mass is 10.0. The molecule has 2 rings (SSSR count). The van der Waals surface area contributed by atoms with Crippen molar-refractivity contribution in [3.63, 3.8) is 0 Å². The van der Waals surface area contributed by atoms with Gasteiger partial charge in [0, 0.05) is 25.4 Å². The molecule has 1 N–H and O–H groups in total. The van der Waals surface area contributed by atoms with Gasteiger partial charge < -0.3 is 10.1 Å². The number of carbonyl (C=O) groups is 1. The molecule has 1 amide bonds. The van der Waals surface area contributed by atoms with E-state index in [2.05, 4.69) is 12.2 Å². The zero-order chi connectivity index (χ0) is 16.9. The van der Waals surface area contributed by atoms with Crippen molar-refractivity contribution in [3.8, 4) is 0 Å². The van der Waals surface area contributed by atoms with Crippen LogP contribution in [0.25, 0.3) is 0 Å². The molecule has 1 aromatic carbocycles. The first kappa shape index (κ1) is 17.9. The molecular weight excluding hydrogens is 316 g/mol. The summed E-state index contributed by atoms with van der Waals surface area (Å²) in [5, 5.41) is 2.67. The maximum atomic E-state index is 12.6. The van der Waals surface area contributed by atoms with Crippen LogP contribution in [-0.4, -0.2) is 44.9 Å². The SMILES string of the molecule is CCOCC(=O)Nc1ccc(S(=O)(=O)N2CCC(C)CC2)cc1. The number of anilines is 1. The Labute approximate surface area is 137 Å². The molecule has 0 atom stereocenters. The maximum Gasteiger partial charge on any atom is 0.250 e. The van der Waals surface area contributed by atoms with Gasteiger partial charge in [-0.3, -0.25) is 4.79 Å². The number of rotatable bonds is 6. The molecule has 1 heterocycles. The average Bonchev–Trinajstić information content (AvgIpc) is 2.54. The van der Waals surface area contributed by atoms with Crippen molar-refractivity contribution in [2.24, 2.45) is 5.92 Å². The number of amides is 1. The molecule has 1 aliphatic rings. The fraction of sp³-hybridized carbons (Fsp3) is 0.562. The van der Waals surface area contributed by atoms with E-state index in [1.807, 2.05) is 6.92 Å². The second kappa shape index (κ2) is 7.90. The first-order valence-corrected chi connectivity index (χ1v) is 9.35. The summed E-state index contributed by atoms with van der Waals surface area (Å²) in [6, 6.07) is 6.26. The predicted molar refractivity (Wildman–Crippen MR) is 88.7 cm³/mol. The highest BCUT2D eigenvalue weighted by Crippen LogP contribution is 2.24. The molecule has 0 aromatic heterocycles. The summed E-state index contributed by atoms with van der Waals surface area (Å²) in [4.78, 5) is 11.8. The molecule has 0 saturated carbocycles. The lowest BCUT2D eigenvalue weighted by molar-refractivity contribution is -0.120. The van der Waals surface area contributed by atoms with Crippen LogP contribution in [0.5, 0.6) is 0 Å². The van der Waals surface area contributed by atoms with Gasteiger partial charge in [-0.2, -0.15) is 4.31 Å². The highest BCUT2D eigenvalue weighted by Gasteiger charge is 2.27. The summed E-state index contributed by atoms with van der Waals surface area (Å²) in [6.45, 7) is 5.55. The van der Waals surface area contributed by atoms with Crippen LogP contribution < -0.4 is 5.32 Å². The lowest BCUT2D eigenvalue weighted by Crippen LogP contribution is -2.37. The van der Waals surface area contributed by atoms with Crippen molar-refractivity contribution >= 4 is 21.6 Å². The van der Waals surface area contributed by atoms with Crippen molar-refractivity contribution in [1.29, 1.82) is 0 Å². The van der Waals surface area contributed by atoms with Gasteiger partial charge in [0.1, 0.15) is 6.61 Å². The molecule has 1 saturated heterocycles. The van der Waals surface area contributed by atoms with Crippen LogP contribution in [0.15, 0.2) is 29.2 Å². The monoisotopic (exact) mass is 340 g/mol. The Morgan fingerprint density at radius 3 is 2.43 bits per heavy atom. The van der Waals surface area contributed by atoms with Crippen LogP contribution in [0.4, 0.5) is 5.69 Å². The maximum absolute atomic E-state index is 12.6. The van der Waals surface area contributed by atoms with Gasteiger partial charge in [0.15, 0.2) is 0 Å². The molecule has 1 fully saturated rings. The molecule has 7 heteroatoms. The summed E-state index contributed by atoms with van der Waals surface area (Å²) >= 11 is 0. The van der Waals surface area contributed by atoms with Gasteiger partial charge in [-0.05, 0) is 49.9 Å². The molecule has 6 nitrogen and oxygen atoms in total. The third-order valence-corrected chi connectivity index (χ3v) is 5.87. The van der Waals surface area contributed by atoms with Gasteiger partial charge in [0.05, 0.1) is 4.90 Å². The van der Waals surface area contributed by atoms with E-state index in [1.54, 1.807) is 12.1 Å². The summed E-state index contributed by atoms with van der Waals surface area (Å²) < 4.78 is 31.7. The predicted octanol–water partition coefficient (Wildman–Crippen LogP) is 2.08. The van der Waals surface area contributed by atoms with E-state index >= 15 is 0 Å². The number of piperidine rings is 1. The number of nitrogens with zero attached hydrogens (tertiary/aromatic N) is 1. The Hall–Kier alpha value is -1.44. The van der Waals surface area contributed by atoms with Crippen LogP contribution >= 0.6 is 0 Å². The molecule has 0 bridgehead atoms. The fourth-order valence-corrected chi connectivity index (χ4v) is 3.95. The van der Waals surface area contributed by atoms with Gasteiger partial charge >= 0.3 is 0 Å². The Balaban J connectivity index is 2.02. The minimum absolute atomic E-state index is 0.0114. The molecule has 0 unspecified atom stereocenters. The van der Waals surface area contributed by atoms with E-state index in [0.717, 1.165) is 12.8 Å². The minimum atomic E-state index is -3.45. The van der Waals surface area contributed by atoms with Gasteiger partial charge in [0.2, 0.25) is 15.9 Å². The van der Waals surface area contributed by atoms with E-state index in [0.29, 0.717) is 31.3 Å². The summed E-state index contributed by atoms with van der Waals surface area (Å²) in [5.74, 6) is 0.317. The third-order valence-electron chi connectivity index (χ3n) is 3.96. The highest BCUT2D eigenvalue weighted by atomic mass is 32.2. The average molecular weight is 340 g/mol. The number of hydrogen-bond donors (Lipinski definition) is 1. The van der Waals surface area contributed by atoms with E-state index in [4.69, 9.17) is 4.74 Å². The van der Waals surface area contributed by atoms with E-state index in [9.17, 15) is 13.2 Å². The zero-order valence-electron chi connectivity index (χ0n) is 13.6. The number of nitrogens with one attached hydrogen (secondary N) is 1. The smallest absolute Gasteiger partial charge is 0.250 e. The second-order valence-electron chi connectivity index (χ2n) is 5.80. The van der Waals surface area contributed by atoms with Crippen molar-refractivity contribution in [3.05, 3.63) is 24.3 Å². The minimum Gasteiger partial charge on any atom is -0.372 e. The number of ether oxygens (including phenoxy) is 1. The van der Waals surface area contributed by atoms with Crippen molar-refractivity contribution in [1.82, 2.24) is 4.31 Å². The fourth-order valence-electron chi connectivity index (χ4n) is 2.48. The molecule has 23 heavy (non-hydrogen) atoms. The lowest BCUT2D eigenvalue weighted by Gasteiger charge is -2.29. The molecule has 1 aromatic rings. The Bertz CT molecular complexity index is 620. The van der Waals surface area contributed by atoms with Gasteiger partial charge in [-0.15, -0.1) is 0 Å². The highest BCUT2D eigenvalue weighted by molar-refractivity contribution is 7.89. The Kier molecular flexibility index (Phi) is 6.15. The van der Waals surface area contributed by atoms with Crippen molar-refractivity contribution < 1.29 is 17.9 Å². The standard InChI is InChI=1S/C16H24N2O4S/c1-3-22-12-16(19)17-14-4-6-15(7-5-14)23(20,21)18-10-8-13(2)9-11-18/h4-7,13H,3,8-12H2,1-2H3,(H,17,19). The number of benzene rings is 1. The first-order chi connectivity index (χ1) is 10.9. The van der Waals surface area contributed by atoms with Crippen LogP contribution in [0.1, 0.15) is 26.7 Å².